The lowest BCUT2D eigenvalue weighted by atomic mass is 9.79. The first-order valence-electron chi connectivity index (χ1n) is 14.7. The monoisotopic (exact) mass is 548 g/mol. The van der Waals surface area contributed by atoms with Crippen molar-refractivity contribution in [3.05, 3.63) is 65.4 Å². The van der Waals surface area contributed by atoms with Gasteiger partial charge < -0.3 is 24.6 Å². The summed E-state index contributed by atoms with van der Waals surface area (Å²) >= 11 is 1.79. The number of anilines is 1. The molecule has 3 N–H and O–H groups in total. The molecule has 0 bridgehead atoms. The molecule has 2 aromatic carbocycles. The molecule has 2 heterocycles. The van der Waals surface area contributed by atoms with Gasteiger partial charge in [0.15, 0.2) is 0 Å². The fourth-order valence-electron chi connectivity index (χ4n) is 6.43. The van der Waals surface area contributed by atoms with Gasteiger partial charge >= 0.3 is 0 Å². The Morgan fingerprint density at radius 3 is 2.62 bits per heavy atom. The van der Waals surface area contributed by atoms with E-state index in [0.717, 1.165) is 54.7 Å². The first kappa shape index (κ1) is 28.1. The zero-order valence-corrected chi connectivity index (χ0v) is 24.5. The molecule has 1 aliphatic heterocycles. The van der Waals surface area contributed by atoms with Gasteiger partial charge in [0.1, 0.15) is 0 Å². The maximum absolute atomic E-state index is 13.8. The minimum Gasteiger partial charge on any atom is -0.390 e. The van der Waals surface area contributed by atoms with Crippen molar-refractivity contribution in [1.29, 1.82) is 0 Å². The van der Waals surface area contributed by atoms with Crippen LogP contribution in [0.1, 0.15) is 73.9 Å². The van der Waals surface area contributed by atoms with Gasteiger partial charge in [0.25, 0.3) is 5.91 Å². The van der Waals surface area contributed by atoms with Crippen LogP contribution >= 0.6 is 11.9 Å². The molecule has 2 aliphatic rings. The third kappa shape index (κ3) is 6.16. The summed E-state index contributed by atoms with van der Waals surface area (Å²) in [7, 11) is 2.09. The van der Waals surface area contributed by atoms with Crippen LogP contribution in [0.3, 0.4) is 0 Å². The van der Waals surface area contributed by atoms with E-state index in [1.165, 1.54) is 30.2 Å². The Morgan fingerprint density at radius 2 is 1.90 bits per heavy atom. The van der Waals surface area contributed by atoms with E-state index in [0.29, 0.717) is 18.5 Å². The van der Waals surface area contributed by atoms with Gasteiger partial charge in [-0.2, -0.15) is 0 Å². The van der Waals surface area contributed by atoms with Gasteiger partial charge in [-0.25, -0.2) is 0 Å². The molecule has 1 saturated carbocycles. The second-order valence-electron chi connectivity index (χ2n) is 11.3. The number of carbonyl (C=O) groups excluding carboxylic acids is 1. The third-order valence-corrected chi connectivity index (χ3v) is 9.86. The molecule has 3 aromatic rings. The van der Waals surface area contributed by atoms with E-state index in [2.05, 4.69) is 58.7 Å². The van der Waals surface area contributed by atoms with Gasteiger partial charge in [0.2, 0.25) is 0 Å². The van der Waals surface area contributed by atoms with Gasteiger partial charge in [-0.15, -0.1) is 0 Å². The molecule has 7 heteroatoms. The van der Waals surface area contributed by atoms with Crippen molar-refractivity contribution in [2.24, 2.45) is 0 Å². The number of nitrogens with one attached hydrogen (secondary N) is 2. The molecule has 1 aromatic heterocycles. The lowest BCUT2D eigenvalue weighted by Crippen LogP contribution is -2.54. The van der Waals surface area contributed by atoms with E-state index in [4.69, 9.17) is 0 Å². The predicted octanol–water partition coefficient (Wildman–Crippen LogP) is 5.71. The number of aromatic nitrogens is 1. The van der Waals surface area contributed by atoms with E-state index in [-0.39, 0.29) is 11.4 Å². The number of amides is 1. The molecule has 1 aliphatic carbocycles. The van der Waals surface area contributed by atoms with E-state index in [1.54, 1.807) is 11.9 Å². The first-order valence-corrected chi connectivity index (χ1v) is 15.7. The number of rotatable bonds is 10. The zero-order chi connectivity index (χ0) is 27.4. The molecule has 0 saturated heterocycles. The maximum Gasteiger partial charge on any atom is 0.251 e. The number of aliphatic hydroxyl groups is 1. The van der Waals surface area contributed by atoms with Gasteiger partial charge in [0.05, 0.1) is 23.3 Å². The van der Waals surface area contributed by atoms with Crippen LogP contribution in [0.25, 0.3) is 10.9 Å². The maximum atomic E-state index is 13.8. The van der Waals surface area contributed by atoms with Crippen molar-refractivity contribution >= 4 is 34.4 Å². The topological polar surface area (TPSA) is 69.5 Å². The summed E-state index contributed by atoms with van der Waals surface area (Å²) in [5, 5.41) is 19.7. The predicted molar refractivity (Wildman–Crippen MR) is 164 cm³/mol. The number of nitrogens with zero attached hydrogens (tertiary/aromatic N) is 2. The van der Waals surface area contributed by atoms with Crippen LogP contribution in [0.5, 0.6) is 0 Å². The van der Waals surface area contributed by atoms with E-state index < -0.39 is 12.1 Å². The van der Waals surface area contributed by atoms with Crippen LogP contribution in [-0.2, 0) is 19.4 Å². The van der Waals surface area contributed by atoms with Crippen molar-refractivity contribution in [2.75, 3.05) is 23.7 Å². The van der Waals surface area contributed by atoms with Crippen LogP contribution < -0.4 is 14.9 Å². The highest BCUT2D eigenvalue weighted by Crippen LogP contribution is 2.38. The molecule has 0 spiro atoms. The number of carbonyl (C=O) groups is 1. The summed E-state index contributed by atoms with van der Waals surface area (Å²) in [5.41, 5.74) is 5.38. The second kappa shape index (κ2) is 12.4. The molecule has 39 heavy (non-hydrogen) atoms. The molecule has 1 amide bonds. The van der Waals surface area contributed by atoms with Crippen molar-refractivity contribution < 1.29 is 9.90 Å². The van der Waals surface area contributed by atoms with Gasteiger partial charge in [-0.1, -0.05) is 56.5 Å². The van der Waals surface area contributed by atoms with Crippen LogP contribution in [0.2, 0.25) is 0 Å². The minimum atomic E-state index is -0.700. The largest absolute Gasteiger partial charge is 0.390 e. The van der Waals surface area contributed by atoms with Gasteiger partial charge in [0, 0.05) is 48.6 Å². The SMILES string of the molecule is CCn1cc2c3c(cc(C(=O)N[C@@H](Cc4ccccc4)[C@H](O)CNC4(CC)CCCCC4)cc31)N(C)SCC2. The fraction of sp³-hybridized carbons (Fsp3) is 0.531. The van der Waals surface area contributed by atoms with E-state index in [1.807, 2.05) is 30.3 Å². The number of aliphatic hydroxyl groups excluding tert-OH is 1. The first-order chi connectivity index (χ1) is 18.9. The summed E-state index contributed by atoms with van der Waals surface area (Å²) < 4.78 is 4.45. The quantitative estimate of drug-likeness (QED) is 0.283. The fourth-order valence-corrected chi connectivity index (χ4v) is 7.30. The highest BCUT2D eigenvalue weighted by atomic mass is 32.2. The second-order valence-corrected chi connectivity index (χ2v) is 12.5. The summed E-state index contributed by atoms with van der Waals surface area (Å²) in [4.78, 5) is 13.8. The molecule has 6 nitrogen and oxygen atoms in total. The average molecular weight is 549 g/mol. The standard InChI is InChI=1S/C32H44N4O2S/c1-4-32(15-10-7-11-16-32)33-21-29(37)26(18-23-12-8-6-9-13-23)34-31(38)25-19-27-30-24(14-17-39-35(27)3)22-36(5-2)28(30)20-25/h6,8-9,12-13,19-20,22,26,29,33,37H,4-5,7,10-11,14-18,21H2,1-3H3,(H,34,38)/t26-,29+/m0/s1. The highest BCUT2D eigenvalue weighted by molar-refractivity contribution is 8.00. The lowest BCUT2D eigenvalue weighted by Gasteiger charge is -2.39. The van der Waals surface area contributed by atoms with Crippen LogP contribution in [-0.4, -0.2) is 52.6 Å². The Hall–Kier alpha value is -2.48. The average Bonchev–Trinajstić information content (AvgIpc) is 3.25. The van der Waals surface area contributed by atoms with Gasteiger partial charge in [-0.05, 0) is 74.2 Å². The summed E-state index contributed by atoms with van der Waals surface area (Å²) in [6.07, 6.45) is 10.3. The molecule has 2 atom stereocenters. The summed E-state index contributed by atoms with van der Waals surface area (Å²) in [6.45, 7) is 5.72. The number of β-amino-alcohol motifs (C(OH)–C–C–N with tert-alkyl or cyclic N) is 1. The van der Waals surface area contributed by atoms with Crippen molar-refractivity contribution in [3.8, 4) is 0 Å². The van der Waals surface area contributed by atoms with Crippen LogP contribution in [0.15, 0.2) is 48.7 Å². The molecule has 0 radical (unpaired) electrons. The Kier molecular flexibility index (Phi) is 8.89. The number of aryl methyl sites for hydroxylation is 2. The Balaban J connectivity index is 1.40. The third-order valence-electron chi connectivity index (χ3n) is 8.89. The van der Waals surface area contributed by atoms with Crippen molar-refractivity contribution in [3.63, 3.8) is 0 Å². The zero-order valence-electron chi connectivity index (χ0n) is 23.7. The molecular formula is C32H44N4O2S. The summed E-state index contributed by atoms with van der Waals surface area (Å²) in [5.74, 6) is 0.886. The minimum absolute atomic E-state index is 0.0955. The van der Waals surface area contributed by atoms with Gasteiger partial charge in [-0.3, -0.25) is 4.79 Å². The highest BCUT2D eigenvalue weighted by Gasteiger charge is 2.32. The molecule has 5 rings (SSSR count). The van der Waals surface area contributed by atoms with E-state index >= 15 is 0 Å². The smallest absolute Gasteiger partial charge is 0.251 e. The number of hydrogen-bond acceptors (Lipinski definition) is 5. The van der Waals surface area contributed by atoms with Crippen molar-refractivity contribution in [1.82, 2.24) is 15.2 Å². The summed E-state index contributed by atoms with van der Waals surface area (Å²) in [6, 6.07) is 13.8. The number of benzene rings is 2. The normalized spacial score (nSPS) is 18.5. The molecule has 210 valence electrons. The number of hydrogen-bond donors (Lipinski definition) is 3. The molecular weight excluding hydrogens is 504 g/mol. The van der Waals surface area contributed by atoms with Crippen molar-refractivity contribution in [2.45, 2.75) is 89.4 Å². The molecule has 1 fully saturated rings. The Bertz CT molecular complexity index is 1270. The Labute approximate surface area is 237 Å². The molecule has 0 unspecified atom stereocenters. The van der Waals surface area contributed by atoms with E-state index in [9.17, 15) is 9.90 Å². The Morgan fingerprint density at radius 1 is 1.13 bits per heavy atom. The van der Waals surface area contributed by atoms with Crippen LogP contribution in [0.4, 0.5) is 5.69 Å². The van der Waals surface area contributed by atoms with Crippen LogP contribution in [0, 0.1) is 0 Å². The lowest BCUT2D eigenvalue weighted by molar-refractivity contribution is 0.0788.